The highest BCUT2D eigenvalue weighted by molar-refractivity contribution is 7.90. The second kappa shape index (κ2) is 15.5. The zero-order chi connectivity index (χ0) is 41.9. The summed E-state index contributed by atoms with van der Waals surface area (Å²) in [6.07, 6.45) is 2.10. The highest BCUT2D eigenvalue weighted by Gasteiger charge is 2.39. The molecular weight excluding hydrogens is 802 g/mol. The van der Waals surface area contributed by atoms with Crippen molar-refractivity contribution in [3.8, 4) is 11.1 Å². The van der Waals surface area contributed by atoms with Crippen molar-refractivity contribution in [1.82, 2.24) is 29.4 Å². The molecule has 18 heteroatoms. The smallest absolute Gasteiger partial charge is 0.301 e. The van der Waals surface area contributed by atoms with Crippen LogP contribution in [0.3, 0.4) is 0 Å². The molecule has 0 radical (unpaired) electrons. The molecule has 14 nitrogen and oxygen atoms in total. The monoisotopic (exact) mass is 840 g/mol. The first kappa shape index (κ1) is 39.4. The molecule has 2 aromatic heterocycles. The molecule has 0 aliphatic carbocycles. The highest BCUT2D eigenvalue weighted by atomic mass is 32.2. The predicted molar refractivity (Wildman–Crippen MR) is 215 cm³/mol. The van der Waals surface area contributed by atoms with E-state index in [4.69, 9.17) is 0 Å². The molecule has 3 N–H and O–H groups in total. The molecule has 0 bridgehead atoms. The number of carbonyl (C=O) groups is 4. The first-order valence-corrected chi connectivity index (χ1v) is 21.0. The number of halogens is 3. The van der Waals surface area contributed by atoms with Gasteiger partial charge in [-0.15, -0.1) is 0 Å². The van der Waals surface area contributed by atoms with Gasteiger partial charge in [-0.1, -0.05) is 24.3 Å². The van der Waals surface area contributed by atoms with Gasteiger partial charge in [0.15, 0.2) is 5.82 Å². The minimum Gasteiger partial charge on any atom is -0.369 e. The number of pyridine rings is 1. The Morgan fingerprint density at radius 3 is 2.43 bits per heavy atom. The number of imide groups is 1. The summed E-state index contributed by atoms with van der Waals surface area (Å²) in [5, 5.41) is 2.65. The summed E-state index contributed by atoms with van der Waals surface area (Å²) in [5.74, 6) is -4.53. The van der Waals surface area contributed by atoms with Crippen LogP contribution < -0.4 is 14.9 Å². The van der Waals surface area contributed by atoms with E-state index in [2.05, 4.69) is 25.1 Å². The summed E-state index contributed by atoms with van der Waals surface area (Å²) in [4.78, 5) is 64.3. The number of piperidine rings is 1. The molecule has 3 aromatic carbocycles. The predicted octanol–water partition coefficient (Wildman–Crippen LogP) is 4.52. The van der Waals surface area contributed by atoms with Crippen molar-refractivity contribution in [1.29, 1.82) is 0 Å². The van der Waals surface area contributed by atoms with Crippen LogP contribution in [0.25, 0.3) is 22.2 Å². The fourth-order valence-electron chi connectivity index (χ4n) is 8.45. The van der Waals surface area contributed by atoms with E-state index < -0.39 is 63.5 Å². The lowest BCUT2D eigenvalue weighted by atomic mass is 9.99. The van der Waals surface area contributed by atoms with Crippen molar-refractivity contribution in [2.24, 2.45) is 0 Å². The lowest BCUT2D eigenvalue weighted by molar-refractivity contribution is -0.136. The number of ketones is 1. The van der Waals surface area contributed by atoms with Gasteiger partial charge in [0.2, 0.25) is 17.6 Å². The van der Waals surface area contributed by atoms with Crippen LogP contribution in [0, 0.1) is 11.6 Å². The van der Waals surface area contributed by atoms with E-state index in [1.54, 1.807) is 17.2 Å². The SMILES string of the molecule is O=C1CCC(N2Cc3cc(CN4CCN(c5ccc(-c6cnc7[nH]cc(C(=O)c8c(F)ccc(NS(=O)(=O)N9CC[C@@H](F)C9)c8F)c7c6)cc5)CC4)ccc3C2=O)C(=O)N1. The third kappa shape index (κ3) is 7.39. The van der Waals surface area contributed by atoms with E-state index in [-0.39, 0.29) is 36.8 Å². The van der Waals surface area contributed by atoms with Gasteiger partial charge in [0.25, 0.3) is 5.91 Å². The average Bonchev–Trinajstić information content (AvgIpc) is 3.96. The number of hydrogen-bond acceptors (Lipinski definition) is 9. The zero-order valence-electron chi connectivity index (χ0n) is 32.1. The number of benzene rings is 3. The van der Waals surface area contributed by atoms with Crippen molar-refractivity contribution in [3.63, 3.8) is 0 Å². The number of aromatic nitrogens is 2. The Bertz CT molecular complexity index is 2690. The van der Waals surface area contributed by atoms with Crippen molar-refractivity contribution >= 4 is 56.1 Å². The molecule has 9 rings (SSSR count). The van der Waals surface area contributed by atoms with E-state index in [1.807, 2.05) is 47.2 Å². The largest absolute Gasteiger partial charge is 0.369 e. The fourth-order valence-corrected chi connectivity index (χ4v) is 9.71. The second-order valence-electron chi connectivity index (χ2n) is 15.5. The van der Waals surface area contributed by atoms with Crippen LogP contribution in [-0.4, -0.2) is 107 Å². The number of amides is 3. The third-order valence-electron chi connectivity index (χ3n) is 11.7. The second-order valence-corrected chi connectivity index (χ2v) is 17.2. The van der Waals surface area contributed by atoms with E-state index in [9.17, 15) is 32.0 Å². The van der Waals surface area contributed by atoms with E-state index in [1.165, 1.54) is 6.20 Å². The minimum absolute atomic E-state index is 0.00165. The molecule has 2 atom stereocenters. The number of rotatable bonds is 10. The van der Waals surface area contributed by atoms with Gasteiger partial charge >= 0.3 is 10.2 Å². The molecule has 5 aromatic rings. The molecule has 1 unspecified atom stereocenters. The van der Waals surface area contributed by atoms with Gasteiger partial charge < -0.3 is 14.8 Å². The number of aromatic amines is 1. The molecule has 3 amide bonds. The first-order chi connectivity index (χ1) is 28.8. The number of nitrogens with zero attached hydrogens (tertiary/aromatic N) is 5. The van der Waals surface area contributed by atoms with Gasteiger partial charge in [0.1, 0.15) is 23.7 Å². The Hall–Kier alpha value is -6.11. The van der Waals surface area contributed by atoms with Crippen LogP contribution in [0.4, 0.5) is 24.5 Å². The number of hydrogen-bond donors (Lipinski definition) is 3. The Morgan fingerprint density at radius 1 is 0.917 bits per heavy atom. The Labute approximate surface area is 342 Å². The lowest BCUT2D eigenvalue weighted by Crippen LogP contribution is -2.52. The number of piperazine rings is 1. The molecule has 0 saturated carbocycles. The molecular formula is C42H39F3N8O6S. The van der Waals surface area contributed by atoms with Gasteiger partial charge in [-0.3, -0.25) is 34.1 Å². The molecule has 310 valence electrons. The van der Waals surface area contributed by atoms with Crippen LogP contribution in [0.2, 0.25) is 0 Å². The molecule has 4 aliphatic heterocycles. The minimum atomic E-state index is -4.36. The van der Waals surface area contributed by atoms with E-state index in [0.717, 1.165) is 65.0 Å². The van der Waals surface area contributed by atoms with Gasteiger partial charge in [-0.2, -0.15) is 12.7 Å². The Kier molecular flexibility index (Phi) is 10.2. The number of carbonyl (C=O) groups excluding carboxylic acids is 4. The van der Waals surface area contributed by atoms with Crippen LogP contribution in [0.5, 0.6) is 0 Å². The molecule has 4 aliphatic rings. The van der Waals surface area contributed by atoms with Gasteiger partial charge in [-0.25, -0.2) is 18.2 Å². The normalized spacial score (nSPS) is 20.2. The van der Waals surface area contributed by atoms with Gasteiger partial charge in [0.05, 0.1) is 11.3 Å². The fraction of sp³-hybridized carbons (Fsp3) is 0.310. The third-order valence-corrected chi connectivity index (χ3v) is 13.2. The number of nitrogens with one attached hydrogen (secondary N) is 3. The average molecular weight is 841 g/mol. The van der Waals surface area contributed by atoms with E-state index >= 15 is 8.78 Å². The van der Waals surface area contributed by atoms with Gasteiger partial charge in [-0.05, 0) is 65.9 Å². The molecule has 60 heavy (non-hydrogen) atoms. The number of H-pyrrole nitrogens is 1. The van der Waals surface area contributed by atoms with Crippen LogP contribution >= 0.6 is 0 Å². The zero-order valence-corrected chi connectivity index (χ0v) is 32.9. The van der Waals surface area contributed by atoms with Crippen LogP contribution in [-0.2, 0) is 32.9 Å². The van der Waals surface area contributed by atoms with Crippen molar-refractivity contribution in [2.75, 3.05) is 48.9 Å². The van der Waals surface area contributed by atoms with Crippen LogP contribution in [0.15, 0.2) is 73.1 Å². The maximum Gasteiger partial charge on any atom is 0.301 e. The summed E-state index contributed by atoms with van der Waals surface area (Å²) in [6, 6.07) is 16.4. The standard InChI is InChI=1S/C42H39F3N8O6S/c43-28-11-12-52(23-28)60(58,59)49-34-8-7-33(44)37(38(34)45)39(55)32-20-47-40-31(32)18-26(19-46-40)25-2-4-29(5-3-25)51-15-13-50(14-16-51)21-24-1-6-30-27(17-24)22-53(42(30)57)35-9-10-36(54)48-41(35)56/h1-8,17-20,28,35,49H,9-16,21-23H2,(H,46,47)(H,48,54,56)/t28-,35?/m1/s1. The first-order valence-electron chi connectivity index (χ1n) is 19.6. The van der Waals surface area contributed by atoms with Crippen LogP contribution in [0.1, 0.15) is 56.7 Å². The molecule has 3 saturated heterocycles. The van der Waals surface area contributed by atoms with Crippen molar-refractivity contribution in [3.05, 3.63) is 113 Å². The van der Waals surface area contributed by atoms with Crippen molar-refractivity contribution < 1.29 is 40.8 Å². The summed E-state index contributed by atoms with van der Waals surface area (Å²) >= 11 is 0. The summed E-state index contributed by atoms with van der Waals surface area (Å²) in [5.41, 5.74) is 3.68. The Morgan fingerprint density at radius 2 is 1.70 bits per heavy atom. The maximum atomic E-state index is 15.7. The number of anilines is 2. The molecule has 0 spiro atoms. The highest BCUT2D eigenvalue weighted by Crippen LogP contribution is 2.32. The maximum absolute atomic E-state index is 15.7. The topological polar surface area (TPSA) is 168 Å². The summed E-state index contributed by atoms with van der Waals surface area (Å²) in [6.45, 7) is 3.71. The Balaban J connectivity index is 0.844. The summed E-state index contributed by atoms with van der Waals surface area (Å²) < 4.78 is 72.9. The quantitative estimate of drug-likeness (QED) is 0.135. The number of fused-ring (bicyclic) bond motifs is 2. The van der Waals surface area contributed by atoms with Gasteiger partial charge in [0, 0.05) is 98.9 Å². The van der Waals surface area contributed by atoms with E-state index in [0.29, 0.717) is 41.7 Å². The molecule has 6 heterocycles. The molecule has 3 fully saturated rings. The van der Waals surface area contributed by atoms with Crippen molar-refractivity contribution in [2.45, 2.75) is 44.6 Å². The lowest BCUT2D eigenvalue weighted by Gasteiger charge is -2.36. The number of alkyl halides is 1. The summed E-state index contributed by atoms with van der Waals surface area (Å²) in [7, 11) is -4.36.